The quantitative estimate of drug-likeness (QED) is 0.527. The minimum atomic E-state index is -0.960. The van der Waals surface area contributed by atoms with Crippen LogP contribution in [0.5, 0.6) is 0 Å². The predicted octanol–water partition coefficient (Wildman–Crippen LogP) is 5.23. The fourth-order valence-corrected chi connectivity index (χ4v) is 2.61. The fourth-order valence-electron chi connectivity index (χ4n) is 1.89. The van der Waals surface area contributed by atoms with Gasteiger partial charge in [0.25, 0.3) is 0 Å². The number of hydrogen-bond acceptors (Lipinski definition) is 0. The van der Waals surface area contributed by atoms with Crippen LogP contribution in [-0.4, -0.2) is 0 Å². The van der Waals surface area contributed by atoms with Crippen molar-refractivity contribution in [3.63, 3.8) is 0 Å². The Bertz CT molecular complexity index is 640. The van der Waals surface area contributed by atoms with Crippen molar-refractivity contribution in [1.82, 2.24) is 0 Å². The molecule has 0 amide bonds. The molecule has 0 heterocycles. The summed E-state index contributed by atoms with van der Waals surface area (Å²) in [4.78, 5) is -0.525. The minimum Gasteiger partial charge on any atom is -0.207 e. The van der Waals surface area contributed by atoms with Crippen molar-refractivity contribution >= 4 is 15.9 Å². The lowest BCUT2D eigenvalue weighted by Crippen LogP contribution is -2.01. The van der Waals surface area contributed by atoms with Gasteiger partial charge >= 0.3 is 0 Å². The average molecular weight is 347 g/mol. The third-order valence-electron chi connectivity index (χ3n) is 3.01. The van der Waals surface area contributed by atoms with Gasteiger partial charge in [0.1, 0.15) is 11.6 Å². The SMILES string of the molecule is Cc1cc(F)c(C(Br)Cc2ccc(F)c(F)c2)cc1F. The number of rotatable bonds is 3. The maximum atomic E-state index is 13.8. The molecule has 2 rings (SSSR count). The molecular formula is C15H11BrF4. The smallest absolute Gasteiger partial charge is 0.159 e. The Kier molecular flexibility index (Phi) is 4.48. The van der Waals surface area contributed by atoms with Gasteiger partial charge in [-0.25, -0.2) is 17.6 Å². The zero-order chi connectivity index (χ0) is 14.9. The van der Waals surface area contributed by atoms with Gasteiger partial charge in [0, 0.05) is 10.4 Å². The van der Waals surface area contributed by atoms with Crippen molar-refractivity contribution in [2.75, 3.05) is 0 Å². The van der Waals surface area contributed by atoms with E-state index in [-0.39, 0.29) is 17.5 Å². The average Bonchev–Trinajstić information content (AvgIpc) is 2.38. The van der Waals surface area contributed by atoms with E-state index in [9.17, 15) is 17.6 Å². The van der Waals surface area contributed by atoms with Crippen molar-refractivity contribution in [2.24, 2.45) is 0 Å². The molecule has 0 saturated heterocycles. The molecule has 20 heavy (non-hydrogen) atoms. The lowest BCUT2D eigenvalue weighted by molar-refractivity contribution is 0.507. The zero-order valence-electron chi connectivity index (χ0n) is 10.6. The van der Waals surface area contributed by atoms with Gasteiger partial charge in [0.15, 0.2) is 11.6 Å². The van der Waals surface area contributed by atoms with Crippen molar-refractivity contribution in [3.05, 3.63) is 70.3 Å². The van der Waals surface area contributed by atoms with E-state index in [1.165, 1.54) is 13.0 Å². The van der Waals surface area contributed by atoms with Gasteiger partial charge in [0.05, 0.1) is 0 Å². The first-order chi connectivity index (χ1) is 9.38. The highest BCUT2D eigenvalue weighted by molar-refractivity contribution is 9.09. The van der Waals surface area contributed by atoms with E-state index in [4.69, 9.17) is 0 Å². The molecule has 0 bridgehead atoms. The molecule has 106 valence electrons. The first-order valence-corrected chi connectivity index (χ1v) is 6.83. The second-order valence-electron chi connectivity index (χ2n) is 4.54. The number of alkyl halides is 1. The summed E-state index contributed by atoms with van der Waals surface area (Å²) in [7, 11) is 0. The second-order valence-corrected chi connectivity index (χ2v) is 5.65. The number of halogens is 5. The number of benzene rings is 2. The molecule has 0 N–H and O–H groups in total. The molecule has 0 radical (unpaired) electrons. The Morgan fingerprint density at radius 3 is 2.25 bits per heavy atom. The monoisotopic (exact) mass is 346 g/mol. The first kappa shape index (κ1) is 15.0. The lowest BCUT2D eigenvalue weighted by Gasteiger charge is -2.13. The van der Waals surface area contributed by atoms with Crippen LogP contribution in [-0.2, 0) is 6.42 Å². The molecule has 0 aliphatic heterocycles. The van der Waals surface area contributed by atoms with E-state index in [0.29, 0.717) is 5.56 Å². The molecule has 1 unspecified atom stereocenters. The van der Waals surface area contributed by atoms with E-state index in [1.807, 2.05) is 0 Å². The summed E-state index contributed by atoms with van der Waals surface area (Å²) in [6, 6.07) is 5.70. The minimum absolute atomic E-state index is 0.151. The molecule has 0 aliphatic carbocycles. The molecule has 0 spiro atoms. The number of hydrogen-bond donors (Lipinski definition) is 0. The summed E-state index contributed by atoms with van der Waals surface area (Å²) in [5.74, 6) is -2.94. The Balaban J connectivity index is 2.25. The molecular weight excluding hydrogens is 336 g/mol. The van der Waals surface area contributed by atoms with E-state index in [0.717, 1.165) is 24.3 Å². The van der Waals surface area contributed by atoms with Crippen LogP contribution < -0.4 is 0 Å². The van der Waals surface area contributed by atoms with E-state index < -0.39 is 28.1 Å². The summed E-state index contributed by atoms with van der Waals surface area (Å²) in [6.07, 6.45) is 0.219. The van der Waals surface area contributed by atoms with Crippen LogP contribution in [0.1, 0.15) is 21.5 Å². The Labute approximate surface area is 122 Å². The van der Waals surface area contributed by atoms with Gasteiger partial charge in [-0.15, -0.1) is 0 Å². The van der Waals surface area contributed by atoms with Gasteiger partial charge in [-0.2, -0.15) is 0 Å². The molecule has 0 fully saturated rings. The molecule has 5 heteroatoms. The Morgan fingerprint density at radius 1 is 0.900 bits per heavy atom. The van der Waals surface area contributed by atoms with E-state index in [2.05, 4.69) is 15.9 Å². The normalized spacial score (nSPS) is 12.5. The highest BCUT2D eigenvalue weighted by Gasteiger charge is 2.16. The summed E-state index contributed by atoms with van der Waals surface area (Å²) in [6.45, 7) is 1.47. The van der Waals surface area contributed by atoms with Crippen LogP contribution in [0.3, 0.4) is 0 Å². The lowest BCUT2D eigenvalue weighted by atomic mass is 10.0. The van der Waals surface area contributed by atoms with Gasteiger partial charge in [-0.1, -0.05) is 22.0 Å². The third-order valence-corrected chi connectivity index (χ3v) is 3.83. The summed E-state index contributed by atoms with van der Waals surface area (Å²) >= 11 is 3.25. The van der Waals surface area contributed by atoms with Crippen LogP contribution in [0, 0.1) is 30.2 Å². The van der Waals surface area contributed by atoms with Crippen molar-refractivity contribution in [2.45, 2.75) is 18.2 Å². The molecule has 0 aromatic heterocycles. The summed E-state index contributed by atoms with van der Waals surface area (Å²) in [5, 5.41) is 0. The highest BCUT2D eigenvalue weighted by Crippen LogP contribution is 2.30. The number of aryl methyl sites for hydroxylation is 1. The van der Waals surface area contributed by atoms with Gasteiger partial charge in [0.2, 0.25) is 0 Å². The Morgan fingerprint density at radius 2 is 1.60 bits per heavy atom. The first-order valence-electron chi connectivity index (χ1n) is 5.92. The van der Waals surface area contributed by atoms with Gasteiger partial charge in [-0.3, -0.25) is 0 Å². The topological polar surface area (TPSA) is 0 Å². The molecule has 2 aromatic carbocycles. The summed E-state index contributed by atoms with van der Waals surface area (Å²) < 4.78 is 53.2. The highest BCUT2D eigenvalue weighted by atomic mass is 79.9. The Hall–Kier alpha value is -1.36. The zero-order valence-corrected chi connectivity index (χ0v) is 12.1. The predicted molar refractivity (Wildman–Crippen MR) is 72.8 cm³/mol. The van der Waals surface area contributed by atoms with Crippen molar-refractivity contribution in [1.29, 1.82) is 0 Å². The van der Waals surface area contributed by atoms with Crippen LogP contribution >= 0.6 is 15.9 Å². The van der Waals surface area contributed by atoms with Crippen LogP contribution in [0.4, 0.5) is 17.6 Å². The van der Waals surface area contributed by atoms with Crippen LogP contribution in [0.15, 0.2) is 30.3 Å². The molecule has 1 atom stereocenters. The van der Waals surface area contributed by atoms with Gasteiger partial charge < -0.3 is 0 Å². The van der Waals surface area contributed by atoms with E-state index >= 15 is 0 Å². The standard InChI is InChI=1S/C15H11BrF4/c1-8-4-14(19)10(7-13(8)18)11(16)5-9-2-3-12(17)15(20)6-9/h2-4,6-7,11H,5H2,1H3. The molecule has 0 saturated carbocycles. The molecule has 0 aliphatic rings. The maximum absolute atomic E-state index is 13.8. The second kappa shape index (κ2) is 5.95. The molecule has 0 nitrogen and oxygen atoms in total. The maximum Gasteiger partial charge on any atom is 0.159 e. The van der Waals surface area contributed by atoms with E-state index in [1.54, 1.807) is 0 Å². The summed E-state index contributed by atoms with van der Waals surface area (Å²) in [5.41, 5.74) is 0.864. The third kappa shape index (κ3) is 3.20. The van der Waals surface area contributed by atoms with Crippen LogP contribution in [0.2, 0.25) is 0 Å². The molecule has 2 aromatic rings. The van der Waals surface area contributed by atoms with Crippen LogP contribution in [0.25, 0.3) is 0 Å². The fraction of sp³-hybridized carbons (Fsp3) is 0.200. The van der Waals surface area contributed by atoms with Crippen molar-refractivity contribution < 1.29 is 17.6 Å². The van der Waals surface area contributed by atoms with Gasteiger partial charge in [-0.05, 0) is 48.7 Å². The van der Waals surface area contributed by atoms with Crippen molar-refractivity contribution in [3.8, 4) is 0 Å². The largest absolute Gasteiger partial charge is 0.207 e.